The lowest BCUT2D eigenvalue weighted by Crippen LogP contribution is -2.47. The number of rotatable bonds is 6. The summed E-state index contributed by atoms with van der Waals surface area (Å²) in [6.45, 7) is 8.13. The lowest BCUT2D eigenvalue weighted by atomic mass is 10.1. The van der Waals surface area contributed by atoms with E-state index in [1.165, 1.54) is 38.0 Å². The van der Waals surface area contributed by atoms with Crippen LogP contribution in [0.1, 0.15) is 32.6 Å². The van der Waals surface area contributed by atoms with Gasteiger partial charge in [-0.15, -0.1) is 0 Å². The maximum Gasteiger partial charge on any atom is 0.314 e. The van der Waals surface area contributed by atoms with E-state index < -0.39 is 0 Å². The highest BCUT2D eigenvalue weighted by molar-refractivity contribution is 5.73. The molecule has 0 aliphatic carbocycles. The topological polar surface area (TPSA) is 47.6 Å². The van der Waals surface area contributed by atoms with Crippen LogP contribution < -0.4 is 15.5 Å². The van der Waals surface area contributed by atoms with Crippen molar-refractivity contribution in [3.8, 4) is 0 Å². The molecule has 5 heteroatoms. The Morgan fingerprint density at radius 2 is 1.88 bits per heavy atom. The van der Waals surface area contributed by atoms with Crippen molar-refractivity contribution in [2.75, 3.05) is 44.2 Å². The Hall–Kier alpha value is -1.75. The van der Waals surface area contributed by atoms with E-state index >= 15 is 0 Å². The van der Waals surface area contributed by atoms with E-state index in [2.05, 4.69) is 51.6 Å². The third-order valence-electron chi connectivity index (χ3n) is 5.53. The van der Waals surface area contributed by atoms with Crippen LogP contribution in [0.15, 0.2) is 30.3 Å². The van der Waals surface area contributed by atoms with E-state index in [0.717, 1.165) is 32.6 Å². The van der Waals surface area contributed by atoms with Gasteiger partial charge in [0.2, 0.25) is 0 Å². The smallest absolute Gasteiger partial charge is 0.314 e. The van der Waals surface area contributed by atoms with Crippen molar-refractivity contribution >= 4 is 11.7 Å². The molecule has 2 heterocycles. The number of carbonyl (C=O) groups is 1. The Morgan fingerprint density at radius 3 is 2.64 bits per heavy atom. The van der Waals surface area contributed by atoms with Gasteiger partial charge in [-0.1, -0.05) is 24.6 Å². The van der Waals surface area contributed by atoms with Crippen molar-refractivity contribution in [2.24, 2.45) is 5.92 Å². The molecule has 2 aliphatic heterocycles. The van der Waals surface area contributed by atoms with Gasteiger partial charge in [0.15, 0.2) is 0 Å². The molecule has 2 fully saturated rings. The summed E-state index contributed by atoms with van der Waals surface area (Å²) < 4.78 is 0. The van der Waals surface area contributed by atoms with Crippen LogP contribution in [0.25, 0.3) is 0 Å². The molecule has 0 spiro atoms. The molecular weight excluding hydrogens is 312 g/mol. The predicted octanol–water partition coefficient (Wildman–Crippen LogP) is 2.69. The fourth-order valence-corrected chi connectivity index (χ4v) is 3.90. The van der Waals surface area contributed by atoms with E-state index in [0.29, 0.717) is 12.0 Å². The molecule has 0 bridgehead atoms. The van der Waals surface area contributed by atoms with E-state index in [1.807, 2.05) is 6.07 Å². The van der Waals surface area contributed by atoms with Gasteiger partial charge in [0.1, 0.15) is 0 Å². The number of para-hydroxylation sites is 1. The SMILES string of the molecule is C[C@H](CNC(=O)NC[C@H]1CCN(c2ccccc2)C1)N1CCCCC1. The van der Waals surface area contributed by atoms with E-state index in [4.69, 9.17) is 0 Å². The van der Waals surface area contributed by atoms with E-state index in [1.54, 1.807) is 0 Å². The molecule has 0 unspecified atom stereocenters. The molecule has 25 heavy (non-hydrogen) atoms. The Labute approximate surface area is 151 Å². The summed E-state index contributed by atoms with van der Waals surface area (Å²) in [5.41, 5.74) is 1.28. The van der Waals surface area contributed by atoms with Crippen molar-refractivity contribution in [2.45, 2.75) is 38.6 Å². The Bertz CT molecular complexity index is 530. The number of hydrogen-bond acceptors (Lipinski definition) is 3. The molecule has 5 nitrogen and oxygen atoms in total. The summed E-state index contributed by atoms with van der Waals surface area (Å²) in [4.78, 5) is 17.0. The number of nitrogens with zero attached hydrogens (tertiary/aromatic N) is 2. The number of piperidine rings is 1. The first-order valence-corrected chi connectivity index (χ1v) is 9.78. The molecule has 2 aliphatic rings. The summed E-state index contributed by atoms with van der Waals surface area (Å²) in [6, 6.07) is 10.9. The van der Waals surface area contributed by atoms with Crippen molar-refractivity contribution in [3.05, 3.63) is 30.3 Å². The van der Waals surface area contributed by atoms with Crippen LogP contribution in [-0.4, -0.2) is 56.2 Å². The van der Waals surface area contributed by atoms with Gasteiger partial charge in [0, 0.05) is 37.9 Å². The number of hydrogen-bond donors (Lipinski definition) is 2. The summed E-state index contributed by atoms with van der Waals surface area (Å²) in [5.74, 6) is 0.533. The lowest BCUT2D eigenvalue weighted by molar-refractivity contribution is 0.170. The van der Waals surface area contributed by atoms with Crippen LogP contribution in [0.4, 0.5) is 10.5 Å². The molecule has 138 valence electrons. The minimum absolute atomic E-state index is 0.0259. The molecule has 2 amide bonds. The quantitative estimate of drug-likeness (QED) is 0.834. The second-order valence-electron chi connectivity index (χ2n) is 7.47. The zero-order chi connectivity index (χ0) is 17.5. The molecule has 1 aromatic rings. The predicted molar refractivity (Wildman–Crippen MR) is 103 cm³/mol. The van der Waals surface area contributed by atoms with Crippen molar-refractivity contribution < 1.29 is 4.79 Å². The molecular formula is C20H32N4O. The fraction of sp³-hybridized carbons (Fsp3) is 0.650. The first kappa shape index (κ1) is 18.1. The summed E-state index contributed by atoms with van der Waals surface area (Å²) in [6.07, 6.45) is 5.06. The zero-order valence-electron chi connectivity index (χ0n) is 15.4. The molecule has 0 saturated carbocycles. The second kappa shape index (κ2) is 9.09. The number of likely N-dealkylation sites (tertiary alicyclic amines) is 1. The lowest BCUT2D eigenvalue weighted by Gasteiger charge is -2.32. The molecule has 2 atom stereocenters. The van der Waals surface area contributed by atoms with Gasteiger partial charge in [0.05, 0.1) is 0 Å². The summed E-state index contributed by atoms with van der Waals surface area (Å²) >= 11 is 0. The molecule has 2 saturated heterocycles. The van der Waals surface area contributed by atoms with Crippen LogP contribution >= 0.6 is 0 Å². The highest BCUT2D eigenvalue weighted by Crippen LogP contribution is 2.22. The van der Waals surface area contributed by atoms with Crippen molar-refractivity contribution in [3.63, 3.8) is 0 Å². The largest absolute Gasteiger partial charge is 0.371 e. The average Bonchev–Trinajstić information content (AvgIpc) is 3.15. The highest BCUT2D eigenvalue weighted by atomic mass is 16.2. The first-order chi connectivity index (χ1) is 12.2. The number of benzene rings is 1. The Morgan fingerprint density at radius 1 is 1.12 bits per heavy atom. The number of amides is 2. The van der Waals surface area contributed by atoms with Gasteiger partial charge < -0.3 is 15.5 Å². The fourth-order valence-electron chi connectivity index (χ4n) is 3.90. The Kier molecular flexibility index (Phi) is 6.56. The van der Waals surface area contributed by atoms with Crippen LogP contribution in [0.3, 0.4) is 0 Å². The van der Waals surface area contributed by atoms with Gasteiger partial charge in [-0.3, -0.25) is 4.90 Å². The van der Waals surface area contributed by atoms with Crippen LogP contribution in [0.2, 0.25) is 0 Å². The van der Waals surface area contributed by atoms with Crippen molar-refractivity contribution in [1.82, 2.24) is 15.5 Å². The normalized spacial score (nSPS) is 22.6. The van der Waals surface area contributed by atoms with Crippen LogP contribution in [0.5, 0.6) is 0 Å². The van der Waals surface area contributed by atoms with Gasteiger partial charge in [-0.2, -0.15) is 0 Å². The average molecular weight is 345 g/mol. The van der Waals surface area contributed by atoms with Gasteiger partial charge in [-0.25, -0.2) is 4.79 Å². The minimum atomic E-state index is -0.0259. The molecule has 0 aromatic heterocycles. The number of carbonyl (C=O) groups excluding carboxylic acids is 1. The number of urea groups is 1. The maximum absolute atomic E-state index is 12.1. The maximum atomic E-state index is 12.1. The summed E-state index contributed by atoms with van der Waals surface area (Å²) in [5, 5.41) is 6.10. The van der Waals surface area contributed by atoms with Crippen molar-refractivity contribution in [1.29, 1.82) is 0 Å². The van der Waals surface area contributed by atoms with Crippen LogP contribution in [-0.2, 0) is 0 Å². The van der Waals surface area contributed by atoms with Crippen LogP contribution in [0, 0.1) is 5.92 Å². The van der Waals surface area contributed by atoms with Gasteiger partial charge in [-0.05, 0) is 57.3 Å². The monoisotopic (exact) mass is 344 g/mol. The molecule has 0 radical (unpaired) electrons. The number of nitrogens with one attached hydrogen (secondary N) is 2. The third-order valence-corrected chi connectivity index (χ3v) is 5.53. The second-order valence-corrected chi connectivity index (χ2v) is 7.47. The third kappa shape index (κ3) is 5.36. The molecule has 1 aromatic carbocycles. The molecule has 3 rings (SSSR count). The highest BCUT2D eigenvalue weighted by Gasteiger charge is 2.23. The van der Waals surface area contributed by atoms with Gasteiger partial charge >= 0.3 is 6.03 Å². The summed E-state index contributed by atoms with van der Waals surface area (Å²) in [7, 11) is 0. The number of anilines is 1. The van der Waals surface area contributed by atoms with E-state index in [-0.39, 0.29) is 6.03 Å². The first-order valence-electron chi connectivity index (χ1n) is 9.78. The Balaban J connectivity index is 1.32. The molecule has 2 N–H and O–H groups in total. The standard InChI is InChI=1S/C20H32N4O/c1-17(23-11-6-3-7-12-23)14-21-20(25)22-15-18-10-13-24(16-18)19-8-4-2-5-9-19/h2,4-5,8-9,17-18H,3,6-7,10-16H2,1H3,(H2,21,22,25)/t17-,18-/m1/s1. The van der Waals surface area contributed by atoms with Gasteiger partial charge in [0.25, 0.3) is 0 Å². The van der Waals surface area contributed by atoms with E-state index in [9.17, 15) is 4.79 Å². The zero-order valence-corrected chi connectivity index (χ0v) is 15.4. The minimum Gasteiger partial charge on any atom is -0.371 e.